The van der Waals surface area contributed by atoms with Crippen molar-refractivity contribution in [1.82, 2.24) is 4.98 Å². The Morgan fingerprint density at radius 2 is 1.91 bits per heavy atom. The summed E-state index contributed by atoms with van der Waals surface area (Å²) in [5.41, 5.74) is 4.69. The van der Waals surface area contributed by atoms with Crippen LogP contribution in [-0.4, -0.2) is 28.7 Å². The van der Waals surface area contributed by atoms with Gasteiger partial charge >= 0.3 is 6.18 Å². The standard InChI is InChI=1S/C23H16F3N3O3S2/c1-2-32-12-7-5-11(6-8-12)29-21(30)17-18(27)16-13(23(24,25)26)10-14(15-4-3-9-33-15)28-20(16)34-19(17)22(29)31/h3-10,19H,2,27H2,1H3/t19-/m0/s1. The van der Waals surface area contributed by atoms with Crippen molar-refractivity contribution >= 4 is 46.3 Å². The van der Waals surface area contributed by atoms with Gasteiger partial charge in [-0.15, -0.1) is 11.3 Å². The highest BCUT2D eigenvalue weighted by Gasteiger charge is 2.51. The number of hydrogen-bond donors (Lipinski definition) is 1. The number of amides is 2. The van der Waals surface area contributed by atoms with Crippen molar-refractivity contribution in [1.29, 1.82) is 0 Å². The number of thiophene rings is 1. The highest BCUT2D eigenvalue weighted by molar-refractivity contribution is 8.01. The number of nitrogens with two attached hydrogens (primary N) is 1. The lowest BCUT2D eigenvalue weighted by atomic mass is 10.00. The minimum atomic E-state index is -4.74. The SMILES string of the molecule is CCOc1ccc(N2C(=O)C3=C(N)c4c(C(F)(F)F)cc(-c5cccs5)nc4S[C@@H]3C2=O)cc1. The third-order valence-corrected chi connectivity index (χ3v) is 7.48. The molecule has 0 saturated carbocycles. The smallest absolute Gasteiger partial charge is 0.417 e. The molecule has 2 aromatic heterocycles. The number of anilines is 1. The number of alkyl halides is 3. The number of ether oxygens (including phenoxy) is 1. The van der Waals surface area contributed by atoms with Crippen LogP contribution in [0.4, 0.5) is 18.9 Å². The molecule has 0 spiro atoms. The summed E-state index contributed by atoms with van der Waals surface area (Å²) in [6, 6.07) is 10.6. The van der Waals surface area contributed by atoms with E-state index < -0.39 is 28.8 Å². The number of nitrogens with zero attached hydrogens (tertiary/aromatic N) is 2. The van der Waals surface area contributed by atoms with Crippen LogP contribution in [0, 0.1) is 0 Å². The number of imide groups is 1. The largest absolute Gasteiger partial charge is 0.494 e. The lowest BCUT2D eigenvalue weighted by molar-refractivity contribution is -0.138. The van der Waals surface area contributed by atoms with E-state index >= 15 is 0 Å². The summed E-state index contributed by atoms with van der Waals surface area (Å²) in [4.78, 5) is 32.3. The number of hydrogen-bond acceptors (Lipinski definition) is 7. The Balaban J connectivity index is 1.62. The Morgan fingerprint density at radius 1 is 1.18 bits per heavy atom. The summed E-state index contributed by atoms with van der Waals surface area (Å²) in [5, 5.41) is 0.620. The maximum atomic E-state index is 14.0. The van der Waals surface area contributed by atoms with E-state index in [2.05, 4.69) is 4.98 Å². The molecule has 174 valence electrons. The predicted octanol–water partition coefficient (Wildman–Crippen LogP) is 4.95. The van der Waals surface area contributed by atoms with Gasteiger partial charge in [-0.3, -0.25) is 9.59 Å². The molecule has 2 aliphatic heterocycles. The Morgan fingerprint density at radius 3 is 2.53 bits per heavy atom. The Kier molecular flexibility index (Phi) is 5.40. The van der Waals surface area contributed by atoms with Crippen LogP contribution in [-0.2, 0) is 15.8 Å². The topological polar surface area (TPSA) is 85.5 Å². The van der Waals surface area contributed by atoms with Gasteiger partial charge in [0.1, 0.15) is 16.0 Å². The first-order chi connectivity index (χ1) is 16.2. The Bertz CT molecular complexity index is 1340. The van der Waals surface area contributed by atoms with Crippen LogP contribution in [0.3, 0.4) is 0 Å². The van der Waals surface area contributed by atoms with E-state index in [1.54, 1.807) is 41.8 Å². The van der Waals surface area contributed by atoms with E-state index in [9.17, 15) is 22.8 Å². The second-order valence-electron chi connectivity index (χ2n) is 7.44. The summed E-state index contributed by atoms with van der Waals surface area (Å²) in [5.74, 6) is -0.770. The van der Waals surface area contributed by atoms with Crippen molar-refractivity contribution in [2.75, 3.05) is 11.5 Å². The van der Waals surface area contributed by atoms with Crippen molar-refractivity contribution in [3.05, 3.63) is 64.5 Å². The van der Waals surface area contributed by atoms with Crippen LogP contribution in [0.1, 0.15) is 18.1 Å². The first-order valence-corrected chi connectivity index (χ1v) is 11.9. The fourth-order valence-electron chi connectivity index (χ4n) is 3.93. The zero-order valence-electron chi connectivity index (χ0n) is 17.6. The second-order valence-corrected chi connectivity index (χ2v) is 9.48. The van der Waals surface area contributed by atoms with E-state index in [-0.39, 0.29) is 33.2 Å². The van der Waals surface area contributed by atoms with Crippen LogP contribution in [0.5, 0.6) is 5.75 Å². The molecule has 1 atom stereocenters. The number of fused-ring (bicyclic) bond motifs is 2. The molecule has 5 rings (SSSR count). The molecule has 2 amide bonds. The van der Waals surface area contributed by atoms with Gasteiger partial charge in [-0.25, -0.2) is 9.88 Å². The van der Waals surface area contributed by atoms with Crippen LogP contribution < -0.4 is 15.4 Å². The molecule has 1 aromatic carbocycles. The minimum Gasteiger partial charge on any atom is -0.494 e. The number of carbonyl (C=O) groups is 2. The van der Waals surface area contributed by atoms with Gasteiger partial charge in [0.05, 0.1) is 39.7 Å². The molecule has 2 N–H and O–H groups in total. The quantitative estimate of drug-likeness (QED) is 0.508. The number of aromatic nitrogens is 1. The van der Waals surface area contributed by atoms with Crippen molar-refractivity contribution in [3.63, 3.8) is 0 Å². The number of pyridine rings is 1. The fourth-order valence-corrected chi connectivity index (χ4v) is 5.88. The van der Waals surface area contributed by atoms with Gasteiger partial charge in [-0.1, -0.05) is 17.8 Å². The van der Waals surface area contributed by atoms with Crippen molar-refractivity contribution in [3.8, 4) is 16.3 Å². The summed E-state index contributed by atoms with van der Waals surface area (Å²) < 4.78 is 47.5. The van der Waals surface area contributed by atoms with Crippen LogP contribution >= 0.6 is 23.1 Å². The molecule has 0 bridgehead atoms. The summed E-state index contributed by atoms with van der Waals surface area (Å²) in [7, 11) is 0. The maximum Gasteiger partial charge on any atom is 0.417 e. The van der Waals surface area contributed by atoms with Gasteiger partial charge < -0.3 is 10.5 Å². The van der Waals surface area contributed by atoms with Crippen molar-refractivity contribution in [2.45, 2.75) is 23.4 Å². The van der Waals surface area contributed by atoms with E-state index in [4.69, 9.17) is 10.5 Å². The van der Waals surface area contributed by atoms with Crippen LogP contribution in [0.15, 0.2) is 58.4 Å². The van der Waals surface area contributed by atoms with Crippen LogP contribution in [0.25, 0.3) is 16.3 Å². The number of rotatable bonds is 4. The van der Waals surface area contributed by atoms with Gasteiger partial charge in [0, 0.05) is 5.56 Å². The molecular weight excluding hydrogens is 487 g/mol. The molecule has 1 fully saturated rings. The Labute approximate surface area is 200 Å². The monoisotopic (exact) mass is 503 g/mol. The van der Waals surface area contributed by atoms with E-state index in [1.807, 2.05) is 6.92 Å². The second kappa shape index (κ2) is 8.17. The highest BCUT2D eigenvalue weighted by atomic mass is 32.2. The molecular formula is C23H16F3N3O3S2. The molecule has 11 heteroatoms. The number of halogens is 3. The van der Waals surface area contributed by atoms with Gasteiger partial charge in [0.25, 0.3) is 11.8 Å². The molecule has 2 aliphatic rings. The van der Waals surface area contributed by atoms with Gasteiger partial charge in [0.2, 0.25) is 0 Å². The molecule has 6 nitrogen and oxygen atoms in total. The lowest BCUT2D eigenvalue weighted by Crippen LogP contribution is -2.31. The molecule has 3 aromatic rings. The van der Waals surface area contributed by atoms with Gasteiger partial charge in [-0.05, 0) is 48.7 Å². The third kappa shape index (κ3) is 3.55. The lowest BCUT2D eigenvalue weighted by Gasteiger charge is -2.24. The van der Waals surface area contributed by atoms with E-state index in [0.717, 1.165) is 22.7 Å². The molecule has 1 saturated heterocycles. The molecule has 34 heavy (non-hydrogen) atoms. The van der Waals surface area contributed by atoms with Gasteiger partial charge in [0.15, 0.2) is 0 Å². The predicted molar refractivity (Wildman–Crippen MR) is 123 cm³/mol. The maximum absolute atomic E-state index is 14.0. The Hall–Kier alpha value is -3.31. The number of thioether (sulfide) groups is 1. The fraction of sp³-hybridized carbons (Fsp3) is 0.174. The number of benzene rings is 1. The van der Waals surface area contributed by atoms with E-state index in [1.165, 1.54) is 11.3 Å². The summed E-state index contributed by atoms with van der Waals surface area (Å²) in [6.45, 7) is 2.27. The summed E-state index contributed by atoms with van der Waals surface area (Å²) >= 11 is 2.06. The number of carbonyl (C=O) groups excluding carboxylic acids is 2. The van der Waals surface area contributed by atoms with E-state index in [0.29, 0.717) is 17.2 Å². The molecule has 0 unspecified atom stereocenters. The molecule has 4 heterocycles. The first-order valence-electron chi connectivity index (χ1n) is 10.1. The minimum absolute atomic E-state index is 0.0285. The van der Waals surface area contributed by atoms with Crippen molar-refractivity contribution in [2.24, 2.45) is 5.73 Å². The molecule has 0 radical (unpaired) electrons. The summed E-state index contributed by atoms with van der Waals surface area (Å²) in [6.07, 6.45) is -4.74. The van der Waals surface area contributed by atoms with Gasteiger partial charge in [-0.2, -0.15) is 13.2 Å². The van der Waals surface area contributed by atoms with Crippen LogP contribution in [0.2, 0.25) is 0 Å². The zero-order chi connectivity index (χ0) is 24.2. The average molecular weight is 504 g/mol. The normalized spacial score (nSPS) is 17.8. The first kappa shape index (κ1) is 22.5. The molecule has 0 aliphatic carbocycles. The third-order valence-electron chi connectivity index (χ3n) is 5.40. The zero-order valence-corrected chi connectivity index (χ0v) is 19.2. The van der Waals surface area contributed by atoms with Crippen molar-refractivity contribution < 1.29 is 27.5 Å². The highest BCUT2D eigenvalue weighted by Crippen LogP contribution is 2.49. The average Bonchev–Trinajstić information content (AvgIpc) is 3.41.